The van der Waals surface area contributed by atoms with Crippen molar-refractivity contribution < 1.29 is 8.78 Å². The van der Waals surface area contributed by atoms with Crippen molar-refractivity contribution in [3.05, 3.63) is 29.8 Å². The summed E-state index contributed by atoms with van der Waals surface area (Å²) in [7, 11) is 0. The molecule has 0 radical (unpaired) electrons. The molecule has 0 bridgehead atoms. The molecule has 1 unspecified atom stereocenters. The molecule has 0 aliphatic rings. The summed E-state index contributed by atoms with van der Waals surface area (Å²) in [4.78, 5) is 0. The van der Waals surface area contributed by atoms with Gasteiger partial charge in [-0.25, -0.2) is 8.78 Å². The van der Waals surface area contributed by atoms with Crippen molar-refractivity contribution in [3.63, 3.8) is 0 Å². The van der Waals surface area contributed by atoms with Crippen LogP contribution in [0.1, 0.15) is 13.3 Å². The molecular formula is C10H10F2N2. The van der Waals surface area contributed by atoms with Gasteiger partial charge < -0.3 is 5.32 Å². The number of nitriles is 1. The molecule has 0 saturated heterocycles. The van der Waals surface area contributed by atoms with Crippen molar-refractivity contribution in [2.24, 2.45) is 0 Å². The van der Waals surface area contributed by atoms with Gasteiger partial charge in [0.05, 0.1) is 6.07 Å². The molecule has 1 aromatic carbocycles. The zero-order valence-electron chi connectivity index (χ0n) is 7.72. The maximum atomic E-state index is 12.7. The lowest BCUT2D eigenvalue weighted by atomic mass is 10.2. The Morgan fingerprint density at radius 3 is 2.64 bits per heavy atom. The molecule has 0 saturated carbocycles. The summed E-state index contributed by atoms with van der Waals surface area (Å²) in [5.74, 6) is -1.80. The minimum atomic E-state index is -0.914. The average Bonchev–Trinajstić information content (AvgIpc) is 2.19. The van der Waals surface area contributed by atoms with E-state index in [9.17, 15) is 8.78 Å². The average molecular weight is 196 g/mol. The van der Waals surface area contributed by atoms with E-state index in [1.807, 2.05) is 13.0 Å². The van der Waals surface area contributed by atoms with Gasteiger partial charge in [-0.15, -0.1) is 0 Å². The third-order valence-corrected chi connectivity index (χ3v) is 1.82. The Balaban J connectivity index is 2.78. The van der Waals surface area contributed by atoms with E-state index >= 15 is 0 Å². The first-order valence-corrected chi connectivity index (χ1v) is 4.28. The van der Waals surface area contributed by atoms with Crippen LogP contribution < -0.4 is 5.32 Å². The normalized spacial score (nSPS) is 11.9. The van der Waals surface area contributed by atoms with E-state index in [0.717, 1.165) is 12.1 Å². The van der Waals surface area contributed by atoms with Crippen molar-refractivity contribution >= 4 is 5.69 Å². The van der Waals surface area contributed by atoms with Crippen LogP contribution >= 0.6 is 0 Å². The molecule has 4 heteroatoms. The van der Waals surface area contributed by atoms with E-state index in [1.54, 1.807) is 0 Å². The molecule has 0 heterocycles. The lowest BCUT2D eigenvalue weighted by molar-refractivity contribution is 0.509. The Labute approximate surface area is 81.2 Å². The van der Waals surface area contributed by atoms with Crippen LogP contribution in [0.2, 0.25) is 0 Å². The Bertz CT molecular complexity index is 358. The second-order valence-electron chi connectivity index (χ2n) is 2.86. The summed E-state index contributed by atoms with van der Waals surface area (Å²) in [6, 6.07) is 5.10. The number of nitrogens with zero attached hydrogens (tertiary/aromatic N) is 1. The van der Waals surface area contributed by atoms with Crippen LogP contribution in [-0.2, 0) is 0 Å². The van der Waals surface area contributed by atoms with Gasteiger partial charge in [-0.3, -0.25) is 0 Å². The smallest absolute Gasteiger partial charge is 0.160 e. The minimum absolute atomic E-state index is 0.375. The van der Waals surface area contributed by atoms with Gasteiger partial charge in [0, 0.05) is 11.8 Å². The van der Waals surface area contributed by atoms with Crippen LogP contribution in [0.15, 0.2) is 18.2 Å². The summed E-state index contributed by atoms with van der Waals surface area (Å²) in [5.41, 5.74) is 0.414. The van der Waals surface area contributed by atoms with Crippen molar-refractivity contribution in [1.82, 2.24) is 0 Å². The first-order chi connectivity index (χ1) is 6.67. The van der Waals surface area contributed by atoms with E-state index in [1.165, 1.54) is 6.07 Å². The van der Waals surface area contributed by atoms with Crippen LogP contribution in [0.4, 0.5) is 14.5 Å². The second-order valence-corrected chi connectivity index (χ2v) is 2.86. The van der Waals surface area contributed by atoms with Crippen LogP contribution in [0.25, 0.3) is 0 Å². The van der Waals surface area contributed by atoms with E-state index < -0.39 is 11.6 Å². The molecule has 14 heavy (non-hydrogen) atoms. The monoisotopic (exact) mass is 196 g/mol. The third-order valence-electron chi connectivity index (χ3n) is 1.82. The van der Waals surface area contributed by atoms with Crippen LogP contribution in [0.5, 0.6) is 0 Å². The van der Waals surface area contributed by atoms with Gasteiger partial charge in [0.15, 0.2) is 11.6 Å². The largest absolute Gasteiger partial charge is 0.370 e. The topological polar surface area (TPSA) is 35.8 Å². The lowest BCUT2D eigenvalue weighted by Crippen LogP contribution is -2.15. The molecule has 0 aromatic heterocycles. The van der Waals surface area contributed by atoms with Gasteiger partial charge in [-0.2, -0.15) is 5.26 Å². The number of rotatable bonds is 3. The molecule has 1 aromatic rings. The standard InChI is InChI=1S/C10H10F2N2/c1-2-7(6-13)14-8-3-4-9(11)10(12)5-8/h3-5,7,14H,2H2,1H3. The maximum absolute atomic E-state index is 12.7. The number of hydrogen-bond acceptors (Lipinski definition) is 2. The predicted octanol–water partition coefficient (Wildman–Crippen LogP) is 2.68. The molecule has 0 aliphatic heterocycles. The highest BCUT2D eigenvalue weighted by molar-refractivity contribution is 5.45. The minimum Gasteiger partial charge on any atom is -0.370 e. The first kappa shape index (κ1) is 10.5. The maximum Gasteiger partial charge on any atom is 0.160 e. The SMILES string of the molecule is CCC(C#N)Nc1ccc(F)c(F)c1. The Kier molecular flexibility index (Phi) is 3.41. The van der Waals surface area contributed by atoms with E-state index in [-0.39, 0.29) is 6.04 Å². The first-order valence-electron chi connectivity index (χ1n) is 4.28. The van der Waals surface area contributed by atoms with Crippen molar-refractivity contribution in [2.45, 2.75) is 19.4 Å². The number of nitrogens with one attached hydrogen (secondary N) is 1. The van der Waals surface area contributed by atoms with Crippen LogP contribution in [0.3, 0.4) is 0 Å². The molecule has 1 atom stereocenters. The number of anilines is 1. The van der Waals surface area contributed by atoms with Gasteiger partial charge in [0.25, 0.3) is 0 Å². The molecule has 1 rings (SSSR count). The lowest BCUT2D eigenvalue weighted by Gasteiger charge is -2.10. The molecule has 2 nitrogen and oxygen atoms in total. The number of benzene rings is 1. The fourth-order valence-corrected chi connectivity index (χ4v) is 1.01. The molecule has 1 N–H and O–H groups in total. The van der Waals surface area contributed by atoms with Crippen molar-refractivity contribution in [3.8, 4) is 6.07 Å². The Hall–Kier alpha value is -1.63. The van der Waals surface area contributed by atoms with Crippen molar-refractivity contribution in [2.75, 3.05) is 5.32 Å². The van der Waals surface area contributed by atoms with E-state index in [2.05, 4.69) is 5.32 Å². The van der Waals surface area contributed by atoms with Crippen LogP contribution in [0, 0.1) is 23.0 Å². The van der Waals surface area contributed by atoms with Crippen LogP contribution in [-0.4, -0.2) is 6.04 Å². The summed E-state index contributed by atoms with van der Waals surface area (Å²) >= 11 is 0. The Morgan fingerprint density at radius 2 is 2.14 bits per heavy atom. The zero-order chi connectivity index (χ0) is 10.6. The summed E-state index contributed by atoms with van der Waals surface area (Å²) in [6.45, 7) is 1.83. The number of hydrogen-bond donors (Lipinski definition) is 1. The molecule has 0 spiro atoms. The van der Waals surface area contributed by atoms with Gasteiger partial charge in [0.2, 0.25) is 0 Å². The van der Waals surface area contributed by atoms with Gasteiger partial charge >= 0.3 is 0 Å². The Morgan fingerprint density at radius 1 is 1.43 bits per heavy atom. The van der Waals surface area contributed by atoms with E-state index in [0.29, 0.717) is 12.1 Å². The van der Waals surface area contributed by atoms with E-state index in [4.69, 9.17) is 5.26 Å². The fourth-order valence-electron chi connectivity index (χ4n) is 1.01. The highest BCUT2D eigenvalue weighted by Crippen LogP contribution is 2.14. The molecule has 0 aliphatic carbocycles. The van der Waals surface area contributed by atoms with Gasteiger partial charge in [0.1, 0.15) is 6.04 Å². The summed E-state index contributed by atoms with van der Waals surface area (Å²) < 4.78 is 25.3. The second kappa shape index (κ2) is 4.56. The molecule has 0 fully saturated rings. The predicted molar refractivity (Wildman–Crippen MR) is 49.7 cm³/mol. The molecule has 0 amide bonds. The molecular weight excluding hydrogens is 186 g/mol. The molecule has 74 valence electrons. The van der Waals surface area contributed by atoms with Gasteiger partial charge in [-0.1, -0.05) is 6.92 Å². The van der Waals surface area contributed by atoms with Crippen molar-refractivity contribution in [1.29, 1.82) is 5.26 Å². The van der Waals surface area contributed by atoms with Gasteiger partial charge in [-0.05, 0) is 18.6 Å². The summed E-state index contributed by atoms with van der Waals surface area (Å²) in [6.07, 6.45) is 0.607. The zero-order valence-corrected chi connectivity index (χ0v) is 7.72. The fraction of sp³-hybridized carbons (Fsp3) is 0.300. The highest BCUT2D eigenvalue weighted by Gasteiger charge is 2.06. The quantitative estimate of drug-likeness (QED) is 0.806. The third kappa shape index (κ3) is 2.43. The summed E-state index contributed by atoms with van der Waals surface area (Å²) in [5, 5.41) is 11.4. The highest BCUT2D eigenvalue weighted by atomic mass is 19.2. The number of halogens is 2.